The molecule has 4 rings (SSSR count). The fourth-order valence-corrected chi connectivity index (χ4v) is 2.94. The maximum atomic E-state index is 4.71. The second-order valence-corrected chi connectivity index (χ2v) is 5.84. The van der Waals surface area contributed by atoms with Crippen molar-refractivity contribution < 1.29 is 0 Å². The van der Waals surface area contributed by atoms with E-state index in [-0.39, 0.29) is 0 Å². The van der Waals surface area contributed by atoms with Crippen molar-refractivity contribution in [3.63, 3.8) is 0 Å². The van der Waals surface area contributed by atoms with Crippen molar-refractivity contribution in [3.8, 4) is 0 Å². The van der Waals surface area contributed by atoms with Gasteiger partial charge in [0.25, 0.3) is 0 Å². The van der Waals surface area contributed by atoms with E-state index in [1.54, 1.807) is 0 Å². The van der Waals surface area contributed by atoms with Gasteiger partial charge < -0.3 is 0 Å². The van der Waals surface area contributed by atoms with Crippen LogP contribution < -0.4 is 0 Å². The molecule has 5 heteroatoms. The van der Waals surface area contributed by atoms with E-state index < -0.39 is 0 Å². The van der Waals surface area contributed by atoms with E-state index in [2.05, 4.69) is 25.9 Å². The molecule has 1 atom stereocenters. The van der Waals surface area contributed by atoms with Gasteiger partial charge in [-0.2, -0.15) is 5.10 Å². The maximum absolute atomic E-state index is 4.71. The average Bonchev–Trinajstić information content (AvgIpc) is 2.98. The van der Waals surface area contributed by atoms with Crippen LogP contribution in [0.2, 0.25) is 0 Å². The van der Waals surface area contributed by atoms with Crippen LogP contribution in [-0.4, -0.2) is 37.7 Å². The molecule has 20 heavy (non-hydrogen) atoms. The van der Waals surface area contributed by atoms with Crippen molar-refractivity contribution >= 4 is 0 Å². The summed E-state index contributed by atoms with van der Waals surface area (Å²) in [6, 6.07) is 4.55. The molecule has 1 aliphatic carbocycles. The summed E-state index contributed by atoms with van der Waals surface area (Å²) in [5, 5.41) is 4.35. The molecule has 2 aromatic rings. The summed E-state index contributed by atoms with van der Waals surface area (Å²) in [5.74, 6) is 1.68. The van der Waals surface area contributed by atoms with Crippen LogP contribution in [0.15, 0.2) is 30.7 Å². The molecule has 1 unspecified atom stereocenters. The highest BCUT2D eigenvalue weighted by atomic mass is 15.3. The average molecular weight is 269 g/mol. The molecule has 0 spiro atoms. The van der Waals surface area contributed by atoms with Crippen LogP contribution in [-0.2, 0) is 6.54 Å². The Morgan fingerprint density at radius 1 is 1.20 bits per heavy atom. The van der Waals surface area contributed by atoms with Crippen molar-refractivity contribution in [2.45, 2.75) is 37.8 Å². The lowest BCUT2D eigenvalue weighted by Crippen LogP contribution is -2.22. The smallest absolute Gasteiger partial charge is 0.131 e. The number of hydrogen-bond donors (Lipinski definition) is 0. The minimum Gasteiger partial charge on any atom is -0.295 e. The Morgan fingerprint density at radius 3 is 2.95 bits per heavy atom. The lowest BCUT2D eigenvalue weighted by molar-refractivity contribution is 0.307. The molecule has 2 fully saturated rings. The van der Waals surface area contributed by atoms with Crippen LogP contribution in [0, 0.1) is 0 Å². The Morgan fingerprint density at radius 2 is 2.15 bits per heavy atom. The van der Waals surface area contributed by atoms with E-state index in [1.165, 1.54) is 19.3 Å². The van der Waals surface area contributed by atoms with Gasteiger partial charge in [-0.3, -0.25) is 9.58 Å². The van der Waals surface area contributed by atoms with Gasteiger partial charge in [0.05, 0.1) is 11.7 Å². The summed E-state index contributed by atoms with van der Waals surface area (Å²) in [6.07, 6.45) is 9.52. The van der Waals surface area contributed by atoms with E-state index in [0.717, 1.165) is 31.2 Å². The van der Waals surface area contributed by atoms with Gasteiger partial charge in [0.2, 0.25) is 0 Å². The van der Waals surface area contributed by atoms with E-state index in [1.807, 2.05) is 24.5 Å². The molecular formula is C15H19N5. The molecular weight excluding hydrogens is 250 g/mol. The third-order valence-electron chi connectivity index (χ3n) is 4.21. The van der Waals surface area contributed by atoms with Gasteiger partial charge in [-0.1, -0.05) is 0 Å². The molecule has 3 heterocycles. The van der Waals surface area contributed by atoms with Crippen LogP contribution >= 0.6 is 0 Å². The highest BCUT2D eigenvalue weighted by Crippen LogP contribution is 2.37. The number of likely N-dealkylation sites (tertiary alicyclic amines) is 1. The summed E-state index contributed by atoms with van der Waals surface area (Å²) < 4.78 is 2.08. The monoisotopic (exact) mass is 269 g/mol. The first-order valence-corrected chi connectivity index (χ1v) is 7.42. The van der Waals surface area contributed by atoms with Gasteiger partial charge >= 0.3 is 0 Å². The van der Waals surface area contributed by atoms with Gasteiger partial charge in [0.15, 0.2) is 0 Å². The Balaban J connectivity index is 1.41. The number of nitrogens with zero attached hydrogens (tertiary/aromatic N) is 5. The van der Waals surface area contributed by atoms with Crippen molar-refractivity contribution in [3.05, 3.63) is 42.2 Å². The van der Waals surface area contributed by atoms with Crippen LogP contribution in [0.5, 0.6) is 0 Å². The van der Waals surface area contributed by atoms with Crippen LogP contribution in [0.3, 0.4) is 0 Å². The first kappa shape index (κ1) is 12.0. The summed E-state index contributed by atoms with van der Waals surface area (Å²) in [7, 11) is 0. The molecule has 2 aliphatic rings. The Kier molecular flexibility index (Phi) is 2.99. The van der Waals surface area contributed by atoms with Gasteiger partial charge in [-0.15, -0.1) is 0 Å². The van der Waals surface area contributed by atoms with E-state index in [4.69, 9.17) is 4.98 Å². The van der Waals surface area contributed by atoms with Crippen LogP contribution in [0.25, 0.3) is 0 Å². The topological polar surface area (TPSA) is 46.8 Å². The Hall–Kier alpha value is -1.75. The van der Waals surface area contributed by atoms with Crippen LogP contribution in [0.4, 0.5) is 0 Å². The minimum atomic E-state index is 0.509. The lowest BCUT2D eigenvalue weighted by atomic mass is 10.3. The molecule has 0 aromatic carbocycles. The second-order valence-electron chi connectivity index (χ2n) is 5.84. The summed E-state index contributed by atoms with van der Waals surface area (Å²) in [6.45, 7) is 3.11. The maximum Gasteiger partial charge on any atom is 0.131 e. The zero-order valence-corrected chi connectivity index (χ0v) is 11.5. The Labute approximate surface area is 118 Å². The van der Waals surface area contributed by atoms with Crippen LogP contribution in [0.1, 0.15) is 42.7 Å². The minimum absolute atomic E-state index is 0.509. The summed E-state index contributed by atoms with van der Waals surface area (Å²) in [5.41, 5.74) is 1.16. The summed E-state index contributed by atoms with van der Waals surface area (Å²) >= 11 is 0. The van der Waals surface area contributed by atoms with Crippen molar-refractivity contribution in [1.82, 2.24) is 24.6 Å². The molecule has 104 valence electrons. The van der Waals surface area contributed by atoms with Gasteiger partial charge in [0.1, 0.15) is 5.82 Å². The highest BCUT2D eigenvalue weighted by molar-refractivity contribution is 5.10. The van der Waals surface area contributed by atoms with E-state index in [9.17, 15) is 0 Å². The Bertz CT molecular complexity index is 576. The van der Waals surface area contributed by atoms with Gasteiger partial charge in [-0.05, 0) is 31.4 Å². The molecule has 1 saturated carbocycles. The van der Waals surface area contributed by atoms with Crippen molar-refractivity contribution in [2.75, 3.05) is 13.1 Å². The molecule has 0 bridgehead atoms. The number of aromatic nitrogens is 4. The predicted molar refractivity (Wildman–Crippen MR) is 75.2 cm³/mol. The molecule has 1 aliphatic heterocycles. The number of hydrogen-bond acceptors (Lipinski definition) is 4. The third-order valence-corrected chi connectivity index (χ3v) is 4.21. The summed E-state index contributed by atoms with van der Waals surface area (Å²) in [4.78, 5) is 11.6. The van der Waals surface area contributed by atoms with E-state index >= 15 is 0 Å². The highest BCUT2D eigenvalue weighted by Gasteiger charge is 2.27. The first-order chi connectivity index (χ1) is 9.88. The molecule has 1 saturated heterocycles. The SMILES string of the molecule is c1cnn(C2CCN(Cc3ccnc(C4CC4)n3)C2)c1. The molecule has 2 aromatic heterocycles. The standard InChI is InChI=1S/C15H19N5/c1-6-17-20(8-1)14-5-9-19(11-14)10-13-4-7-16-15(18-13)12-2-3-12/h1,4,6-8,12,14H,2-3,5,9-11H2. The van der Waals surface area contributed by atoms with Gasteiger partial charge in [-0.25, -0.2) is 9.97 Å². The third kappa shape index (κ3) is 2.45. The predicted octanol–water partition coefficient (Wildman–Crippen LogP) is 2.00. The molecule has 5 nitrogen and oxygen atoms in total. The lowest BCUT2D eigenvalue weighted by Gasteiger charge is -2.16. The van der Waals surface area contributed by atoms with Crippen molar-refractivity contribution in [1.29, 1.82) is 0 Å². The molecule has 0 radical (unpaired) electrons. The van der Waals surface area contributed by atoms with Crippen molar-refractivity contribution in [2.24, 2.45) is 0 Å². The molecule has 0 N–H and O–H groups in total. The second kappa shape index (κ2) is 4.98. The quantitative estimate of drug-likeness (QED) is 0.851. The fraction of sp³-hybridized carbons (Fsp3) is 0.533. The largest absolute Gasteiger partial charge is 0.295 e. The number of rotatable bonds is 4. The zero-order valence-electron chi connectivity index (χ0n) is 11.5. The van der Waals surface area contributed by atoms with Gasteiger partial charge in [0, 0.05) is 44.1 Å². The first-order valence-electron chi connectivity index (χ1n) is 7.42. The normalized spacial score (nSPS) is 23.3. The van der Waals surface area contributed by atoms with E-state index in [0.29, 0.717) is 12.0 Å². The molecule has 0 amide bonds. The zero-order chi connectivity index (χ0) is 13.4. The fourth-order valence-electron chi connectivity index (χ4n) is 2.94.